The van der Waals surface area contributed by atoms with Gasteiger partial charge in [0.05, 0.1) is 6.61 Å². The molecular weight excluding hydrogens is 200 g/mol. The molecule has 0 aliphatic heterocycles. The van der Waals surface area contributed by atoms with Crippen LogP contribution in [0.15, 0.2) is 43.0 Å². The Bertz CT molecular complexity index is 282. The molecule has 0 amide bonds. The fourth-order valence-electron chi connectivity index (χ4n) is 1.53. The molecule has 2 nitrogen and oxygen atoms in total. The van der Waals surface area contributed by atoms with E-state index in [1.807, 2.05) is 36.4 Å². The van der Waals surface area contributed by atoms with E-state index in [1.165, 1.54) is 5.56 Å². The van der Waals surface area contributed by atoms with E-state index in [-0.39, 0.29) is 12.5 Å². The zero-order chi connectivity index (χ0) is 11.6. The quantitative estimate of drug-likeness (QED) is 0.539. The van der Waals surface area contributed by atoms with E-state index in [1.54, 1.807) is 0 Å². The van der Waals surface area contributed by atoms with Crippen molar-refractivity contribution in [2.24, 2.45) is 5.92 Å². The lowest BCUT2D eigenvalue weighted by Gasteiger charge is -2.11. The number of allylic oxidation sites excluding steroid dienone is 1. The number of ether oxygens (including phenoxy) is 1. The van der Waals surface area contributed by atoms with Gasteiger partial charge in [0.2, 0.25) is 0 Å². The van der Waals surface area contributed by atoms with E-state index in [0.717, 1.165) is 12.8 Å². The molecule has 1 rings (SSSR count). The van der Waals surface area contributed by atoms with E-state index in [2.05, 4.69) is 6.58 Å². The molecule has 1 aromatic rings. The molecular formula is C14H20O2. The van der Waals surface area contributed by atoms with E-state index in [4.69, 9.17) is 9.84 Å². The van der Waals surface area contributed by atoms with Crippen molar-refractivity contribution < 1.29 is 9.84 Å². The second-order valence-corrected chi connectivity index (χ2v) is 3.90. The van der Waals surface area contributed by atoms with Gasteiger partial charge in [-0.2, -0.15) is 0 Å². The summed E-state index contributed by atoms with van der Waals surface area (Å²) in [5, 5.41) is 9.07. The van der Waals surface area contributed by atoms with Crippen molar-refractivity contribution in [3.05, 3.63) is 48.6 Å². The molecule has 0 heterocycles. The van der Waals surface area contributed by atoms with Crippen LogP contribution in [-0.4, -0.2) is 18.3 Å². The molecule has 0 bridgehead atoms. The van der Waals surface area contributed by atoms with Gasteiger partial charge in [0.15, 0.2) is 0 Å². The number of benzene rings is 1. The lowest BCUT2D eigenvalue weighted by atomic mass is 10.0. The summed E-state index contributed by atoms with van der Waals surface area (Å²) in [6.45, 7) is 5.22. The molecule has 0 aliphatic rings. The molecule has 0 fully saturated rings. The SMILES string of the molecule is C=CCC(CO)CCOCc1ccccc1. The minimum atomic E-state index is 0.209. The number of aliphatic hydroxyl groups is 1. The minimum absolute atomic E-state index is 0.209. The van der Waals surface area contributed by atoms with Gasteiger partial charge in [0.25, 0.3) is 0 Å². The van der Waals surface area contributed by atoms with Crippen LogP contribution in [0.1, 0.15) is 18.4 Å². The van der Waals surface area contributed by atoms with Gasteiger partial charge in [-0.15, -0.1) is 6.58 Å². The summed E-state index contributed by atoms with van der Waals surface area (Å²) < 4.78 is 5.55. The van der Waals surface area contributed by atoms with Crippen LogP contribution < -0.4 is 0 Å². The van der Waals surface area contributed by atoms with Crippen LogP contribution in [0, 0.1) is 5.92 Å². The van der Waals surface area contributed by atoms with Gasteiger partial charge in [-0.05, 0) is 24.3 Å². The molecule has 1 N–H and O–H groups in total. The molecule has 0 aromatic heterocycles. The molecule has 1 atom stereocenters. The number of hydrogen-bond donors (Lipinski definition) is 1. The van der Waals surface area contributed by atoms with Crippen molar-refractivity contribution in [1.29, 1.82) is 0 Å². The van der Waals surface area contributed by atoms with Gasteiger partial charge in [-0.1, -0.05) is 36.4 Å². The van der Waals surface area contributed by atoms with Crippen LogP contribution in [0.3, 0.4) is 0 Å². The first-order chi connectivity index (χ1) is 7.86. The minimum Gasteiger partial charge on any atom is -0.396 e. The first kappa shape index (κ1) is 12.9. The standard InChI is InChI=1S/C14H20O2/c1-2-6-13(11-15)9-10-16-12-14-7-4-3-5-8-14/h2-5,7-8,13,15H,1,6,9-12H2. The summed E-state index contributed by atoms with van der Waals surface area (Å²) in [6.07, 6.45) is 3.58. The summed E-state index contributed by atoms with van der Waals surface area (Å²) in [5.74, 6) is 0.285. The maximum atomic E-state index is 9.07. The Labute approximate surface area is 97.6 Å². The summed E-state index contributed by atoms with van der Waals surface area (Å²) in [5.41, 5.74) is 1.19. The Hall–Kier alpha value is -1.12. The first-order valence-corrected chi connectivity index (χ1v) is 5.70. The molecule has 0 radical (unpaired) electrons. The highest BCUT2D eigenvalue weighted by atomic mass is 16.5. The summed E-state index contributed by atoms with van der Waals surface area (Å²) in [7, 11) is 0. The van der Waals surface area contributed by atoms with Crippen LogP contribution in [0.2, 0.25) is 0 Å². The maximum absolute atomic E-state index is 9.07. The molecule has 0 saturated carbocycles. The van der Waals surface area contributed by atoms with Gasteiger partial charge < -0.3 is 9.84 Å². The monoisotopic (exact) mass is 220 g/mol. The highest BCUT2D eigenvalue weighted by molar-refractivity contribution is 5.13. The van der Waals surface area contributed by atoms with E-state index in [0.29, 0.717) is 13.2 Å². The van der Waals surface area contributed by atoms with Crippen LogP contribution in [0.5, 0.6) is 0 Å². The van der Waals surface area contributed by atoms with Gasteiger partial charge in [0, 0.05) is 13.2 Å². The Morgan fingerprint density at radius 2 is 2.06 bits per heavy atom. The third kappa shape index (κ3) is 5.10. The van der Waals surface area contributed by atoms with E-state index in [9.17, 15) is 0 Å². The topological polar surface area (TPSA) is 29.5 Å². The zero-order valence-corrected chi connectivity index (χ0v) is 9.64. The van der Waals surface area contributed by atoms with Crippen molar-refractivity contribution in [2.75, 3.05) is 13.2 Å². The molecule has 2 heteroatoms. The summed E-state index contributed by atoms with van der Waals surface area (Å²) >= 11 is 0. The van der Waals surface area contributed by atoms with Gasteiger partial charge in [-0.3, -0.25) is 0 Å². The highest BCUT2D eigenvalue weighted by Gasteiger charge is 2.04. The molecule has 1 aromatic carbocycles. The van der Waals surface area contributed by atoms with Crippen molar-refractivity contribution in [3.63, 3.8) is 0 Å². The third-order valence-electron chi connectivity index (χ3n) is 2.54. The van der Waals surface area contributed by atoms with Gasteiger partial charge in [-0.25, -0.2) is 0 Å². The Kier molecular flexibility index (Phi) is 6.54. The number of rotatable bonds is 8. The second kappa shape index (κ2) is 8.08. The van der Waals surface area contributed by atoms with Gasteiger partial charge in [0.1, 0.15) is 0 Å². The number of hydrogen-bond acceptors (Lipinski definition) is 2. The average molecular weight is 220 g/mol. The fraction of sp³-hybridized carbons (Fsp3) is 0.429. The lowest BCUT2D eigenvalue weighted by Crippen LogP contribution is -2.08. The molecule has 88 valence electrons. The first-order valence-electron chi connectivity index (χ1n) is 5.70. The lowest BCUT2D eigenvalue weighted by molar-refractivity contribution is 0.0956. The Morgan fingerprint density at radius 1 is 1.31 bits per heavy atom. The predicted molar refractivity (Wildman–Crippen MR) is 66.1 cm³/mol. The fourth-order valence-corrected chi connectivity index (χ4v) is 1.53. The second-order valence-electron chi connectivity index (χ2n) is 3.90. The number of aliphatic hydroxyl groups excluding tert-OH is 1. The summed E-state index contributed by atoms with van der Waals surface area (Å²) in [6, 6.07) is 10.1. The van der Waals surface area contributed by atoms with Crippen LogP contribution in [0.4, 0.5) is 0 Å². The van der Waals surface area contributed by atoms with Crippen molar-refractivity contribution in [3.8, 4) is 0 Å². The molecule has 16 heavy (non-hydrogen) atoms. The van der Waals surface area contributed by atoms with Crippen LogP contribution >= 0.6 is 0 Å². The largest absolute Gasteiger partial charge is 0.396 e. The van der Waals surface area contributed by atoms with Crippen LogP contribution in [0.25, 0.3) is 0 Å². The third-order valence-corrected chi connectivity index (χ3v) is 2.54. The molecule has 0 spiro atoms. The zero-order valence-electron chi connectivity index (χ0n) is 9.64. The van der Waals surface area contributed by atoms with E-state index >= 15 is 0 Å². The van der Waals surface area contributed by atoms with Crippen molar-refractivity contribution in [1.82, 2.24) is 0 Å². The van der Waals surface area contributed by atoms with E-state index < -0.39 is 0 Å². The van der Waals surface area contributed by atoms with Crippen LogP contribution in [-0.2, 0) is 11.3 Å². The van der Waals surface area contributed by atoms with Crippen molar-refractivity contribution in [2.45, 2.75) is 19.4 Å². The van der Waals surface area contributed by atoms with Crippen molar-refractivity contribution >= 4 is 0 Å². The smallest absolute Gasteiger partial charge is 0.0716 e. The predicted octanol–water partition coefficient (Wildman–Crippen LogP) is 2.78. The van der Waals surface area contributed by atoms with Gasteiger partial charge >= 0.3 is 0 Å². The average Bonchev–Trinajstić information content (AvgIpc) is 2.34. The highest BCUT2D eigenvalue weighted by Crippen LogP contribution is 2.09. The normalized spacial score (nSPS) is 12.3. The maximum Gasteiger partial charge on any atom is 0.0716 e. The summed E-state index contributed by atoms with van der Waals surface area (Å²) in [4.78, 5) is 0. The molecule has 1 unspecified atom stereocenters. The molecule has 0 aliphatic carbocycles. The molecule has 0 saturated heterocycles. The Balaban J connectivity index is 2.13. The Morgan fingerprint density at radius 3 is 2.69 bits per heavy atom.